The lowest BCUT2D eigenvalue weighted by molar-refractivity contribution is -0.00000744. The van der Waals surface area contributed by atoms with Crippen LogP contribution in [0.25, 0.3) is 0 Å². The van der Waals surface area contributed by atoms with Gasteiger partial charge in [-0.25, -0.2) is 0 Å². The molecule has 1 aliphatic rings. The quantitative estimate of drug-likeness (QED) is 0.157. The molecule has 0 N–H and O–H groups in total. The molecule has 2 heteroatoms. The molecule has 0 bridgehead atoms. The van der Waals surface area contributed by atoms with Gasteiger partial charge in [0.15, 0.2) is 0 Å². The number of hydrogen-bond acceptors (Lipinski definition) is 0. The Balaban J connectivity index is 0.00000336. The molecule has 4 aromatic rings. The molecule has 0 heterocycles. The minimum absolute atomic E-state index is 0. The summed E-state index contributed by atoms with van der Waals surface area (Å²) in [4.78, 5) is 0. The summed E-state index contributed by atoms with van der Waals surface area (Å²) >= 11 is 0. The SMILES string of the molecule is CCCCCC1CCC(c2ccc(C[P+](c3ccccc3)(c3ccccc3)c3ccccc3)cc2)CC1.[Br-]. The maximum atomic E-state index is 2.45. The van der Waals surface area contributed by atoms with Gasteiger partial charge in [-0.1, -0.05) is 111 Å². The van der Waals surface area contributed by atoms with Crippen LogP contribution in [0.4, 0.5) is 0 Å². The van der Waals surface area contributed by atoms with Crippen molar-refractivity contribution in [2.24, 2.45) is 5.92 Å². The maximum Gasteiger partial charge on any atom is 0.116 e. The van der Waals surface area contributed by atoms with Crippen LogP contribution >= 0.6 is 7.26 Å². The Bertz CT molecular complexity index is 1100. The van der Waals surface area contributed by atoms with Crippen molar-refractivity contribution in [1.29, 1.82) is 0 Å². The Morgan fingerprint density at radius 3 is 1.50 bits per heavy atom. The molecule has 198 valence electrons. The Morgan fingerprint density at radius 2 is 1.05 bits per heavy atom. The van der Waals surface area contributed by atoms with Crippen LogP contribution in [0.1, 0.15) is 75.3 Å². The normalized spacial score (nSPS) is 17.5. The molecule has 38 heavy (non-hydrogen) atoms. The molecule has 5 rings (SSSR count). The summed E-state index contributed by atoms with van der Waals surface area (Å²) in [6.45, 7) is 2.31. The van der Waals surface area contributed by atoms with Crippen molar-refractivity contribution < 1.29 is 17.0 Å². The van der Waals surface area contributed by atoms with Gasteiger partial charge >= 0.3 is 0 Å². The van der Waals surface area contributed by atoms with Gasteiger partial charge < -0.3 is 17.0 Å². The zero-order chi connectivity index (χ0) is 25.3. The van der Waals surface area contributed by atoms with E-state index in [4.69, 9.17) is 0 Å². The van der Waals surface area contributed by atoms with Crippen LogP contribution in [0.15, 0.2) is 115 Å². The van der Waals surface area contributed by atoms with Gasteiger partial charge in [-0.15, -0.1) is 0 Å². The highest BCUT2D eigenvalue weighted by atomic mass is 79.9. The fraction of sp³-hybridized carbons (Fsp3) is 0.333. The molecular weight excluding hydrogens is 543 g/mol. The van der Waals surface area contributed by atoms with Gasteiger partial charge in [0.1, 0.15) is 23.2 Å². The van der Waals surface area contributed by atoms with Crippen LogP contribution < -0.4 is 32.9 Å². The number of unbranched alkanes of at least 4 members (excludes halogenated alkanes) is 2. The second-order valence-corrected chi connectivity index (χ2v) is 14.4. The highest BCUT2D eigenvalue weighted by Crippen LogP contribution is 2.58. The lowest BCUT2D eigenvalue weighted by atomic mass is 9.77. The van der Waals surface area contributed by atoms with Gasteiger partial charge in [-0.05, 0) is 85.0 Å². The van der Waals surface area contributed by atoms with Gasteiger partial charge in [0.25, 0.3) is 0 Å². The zero-order valence-electron chi connectivity index (χ0n) is 22.8. The second kappa shape index (κ2) is 14.3. The van der Waals surface area contributed by atoms with Gasteiger partial charge in [-0.3, -0.25) is 0 Å². The van der Waals surface area contributed by atoms with Crippen LogP contribution in [-0.2, 0) is 6.16 Å². The van der Waals surface area contributed by atoms with Crippen LogP contribution in [0.3, 0.4) is 0 Å². The van der Waals surface area contributed by atoms with E-state index in [1.807, 2.05) is 0 Å². The van der Waals surface area contributed by atoms with Crippen molar-refractivity contribution in [2.75, 3.05) is 0 Å². The van der Waals surface area contributed by atoms with Crippen LogP contribution in [-0.4, -0.2) is 0 Å². The Hall–Kier alpha value is -2.21. The Labute approximate surface area is 242 Å². The van der Waals surface area contributed by atoms with Gasteiger partial charge in [0, 0.05) is 0 Å². The van der Waals surface area contributed by atoms with Crippen molar-refractivity contribution in [3.63, 3.8) is 0 Å². The number of halogens is 1. The third-order valence-electron chi connectivity index (χ3n) is 8.52. The van der Waals surface area contributed by atoms with Crippen molar-refractivity contribution in [3.05, 3.63) is 126 Å². The molecule has 0 atom stereocenters. The number of hydrogen-bond donors (Lipinski definition) is 0. The molecule has 0 amide bonds. The minimum Gasteiger partial charge on any atom is -1.00 e. The molecule has 4 aromatic carbocycles. The lowest BCUT2D eigenvalue weighted by Gasteiger charge is -2.29. The number of benzene rings is 4. The van der Waals surface area contributed by atoms with E-state index in [2.05, 4.69) is 122 Å². The summed E-state index contributed by atoms with van der Waals surface area (Å²) in [6, 6.07) is 43.5. The molecule has 0 nitrogen and oxygen atoms in total. The minimum atomic E-state index is -1.84. The van der Waals surface area contributed by atoms with Crippen LogP contribution in [0.5, 0.6) is 0 Å². The third kappa shape index (κ3) is 6.67. The second-order valence-electron chi connectivity index (χ2n) is 10.9. The summed E-state index contributed by atoms with van der Waals surface area (Å²) in [5, 5.41) is 4.37. The number of rotatable bonds is 10. The molecule has 0 unspecified atom stereocenters. The molecule has 1 fully saturated rings. The van der Waals surface area contributed by atoms with E-state index in [1.54, 1.807) is 5.56 Å². The zero-order valence-corrected chi connectivity index (χ0v) is 25.3. The average molecular weight is 586 g/mol. The summed E-state index contributed by atoms with van der Waals surface area (Å²) in [7, 11) is -1.84. The first kappa shape index (κ1) is 28.8. The first-order valence-corrected chi connectivity index (χ1v) is 16.4. The van der Waals surface area contributed by atoms with Crippen molar-refractivity contribution in [1.82, 2.24) is 0 Å². The lowest BCUT2D eigenvalue weighted by Crippen LogP contribution is -3.00. The molecule has 0 saturated heterocycles. The van der Waals surface area contributed by atoms with E-state index in [0.717, 1.165) is 18.0 Å². The molecule has 0 aliphatic heterocycles. The molecule has 1 aliphatic carbocycles. The molecular formula is C36H42BrP. The van der Waals surface area contributed by atoms with E-state index >= 15 is 0 Å². The van der Waals surface area contributed by atoms with Crippen molar-refractivity contribution >= 4 is 23.2 Å². The molecule has 1 saturated carbocycles. The average Bonchev–Trinajstić information content (AvgIpc) is 2.98. The van der Waals surface area contributed by atoms with Crippen molar-refractivity contribution in [3.8, 4) is 0 Å². The first-order chi connectivity index (χ1) is 18.3. The molecule has 0 aromatic heterocycles. The smallest absolute Gasteiger partial charge is 0.116 e. The molecule has 0 spiro atoms. The summed E-state index contributed by atoms with van der Waals surface area (Å²) in [5.41, 5.74) is 3.00. The fourth-order valence-corrected chi connectivity index (χ4v) is 10.6. The van der Waals surface area contributed by atoms with E-state index in [1.165, 1.54) is 72.8 Å². The van der Waals surface area contributed by atoms with Crippen LogP contribution in [0.2, 0.25) is 0 Å². The van der Waals surface area contributed by atoms with E-state index in [0.29, 0.717) is 0 Å². The van der Waals surface area contributed by atoms with Gasteiger partial charge in [0.05, 0.1) is 6.16 Å². The standard InChI is InChI=1S/C36H42P.BrH/c1-2-3-7-14-30-21-25-32(26-22-30)33-27-23-31(24-28-33)29-37(34-15-8-4-9-16-34,35-17-10-5-11-18-35)36-19-12-6-13-20-36;/h4-6,8-13,15-20,23-24,27-28,30,32H,2-3,7,14,21-22,25-26,29H2,1H3;1H/q+1;/p-1. The highest BCUT2D eigenvalue weighted by molar-refractivity contribution is 7.95. The third-order valence-corrected chi connectivity index (χ3v) is 12.9. The van der Waals surface area contributed by atoms with Crippen molar-refractivity contribution in [2.45, 2.75) is 70.4 Å². The van der Waals surface area contributed by atoms with Crippen LogP contribution in [0, 0.1) is 5.92 Å². The Morgan fingerprint density at radius 1 is 0.579 bits per heavy atom. The monoisotopic (exact) mass is 584 g/mol. The summed E-state index contributed by atoms with van der Waals surface area (Å²) < 4.78 is 0. The largest absolute Gasteiger partial charge is 1.00 e. The van der Waals surface area contributed by atoms with Gasteiger partial charge in [0.2, 0.25) is 0 Å². The van der Waals surface area contributed by atoms with E-state index in [9.17, 15) is 0 Å². The first-order valence-electron chi connectivity index (χ1n) is 14.4. The fourth-order valence-electron chi connectivity index (χ4n) is 6.41. The topological polar surface area (TPSA) is 0 Å². The highest BCUT2D eigenvalue weighted by Gasteiger charge is 2.45. The molecule has 0 radical (unpaired) electrons. The summed E-state index contributed by atoms with van der Waals surface area (Å²) in [6.07, 6.45) is 12.2. The predicted octanol–water partition coefficient (Wildman–Crippen LogP) is 6.04. The van der Waals surface area contributed by atoms with E-state index < -0.39 is 7.26 Å². The predicted molar refractivity (Wildman–Crippen MR) is 164 cm³/mol. The Kier molecular flexibility index (Phi) is 10.8. The summed E-state index contributed by atoms with van der Waals surface area (Å²) in [5.74, 6) is 1.71. The van der Waals surface area contributed by atoms with E-state index in [-0.39, 0.29) is 17.0 Å². The van der Waals surface area contributed by atoms with Gasteiger partial charge in [-0.2, -0.15) is 0 Å². The maximum absolute atomic E-state index is 2.45.